The summed E-state index contributed by atoms with van der Waals surface area (Å²) in [6.45, 7) is 0. The lowest BCUT2D eigenvalue weighted by molar-refractivity contribution is -0.136. The molecule has 0 saturated heterocycles. The highest BCUT2D eigenvalue weighted by molar-refractivity contribution is 7.09. The van der Waals surface area contributed by atoms with E-state index in [1.807, 2.05) is 0 Å². The van der Waals surface area contributed by atoms with E-state index >= 15 is 0 Å². The van der Waals surface area contributed by atoms with Crippen LogP contribution in [0.2, 0.25) is 0 Å². The Morgan fingerprint density at radius 1 is 1.08 bits per heavy atom. The maximum absolute atomic E-state index is 12.4. The van der Waals surface area contributed by atoms with Gasteiger partial charge >= 0.3 is 6.18 Å². The Morgan fingerprint density at radius 3 is 2.54 bits per heavy atom. The number of alkyl halides is 3. The molecule has 0 atom stereocenters. The lowest BCUT2D eigenvalue weighted by Crippen LogP contribution is -2.04. The molecule has 4 heteroatoms. The van der Waals surface area contributed by atoms with E-state index in [-0.39, 0.29) is 0 Å². The summed E-state index contributed by atoms with van der Waals surface area (Å²) in [5, 5.41) is 4.18. The molecule has 13 heavy (non-hydrogen) atoms. The van der Waals surface area contributed by atoms with Crippen LogP contribution in [-0.2, 0) is 6.18 Å². The second-order valence-electron chi connectivity index (χ2n) is 2.68. The van der Waals surface area contributed by atoms with Crippen molar-refractivity contribution in [2.75, 3.05) is 0 Å². The zero-order chi connectivity index (χ0) is 9.47. The first-order valence-corrected chi connectivity index (χ1v) is 4.55. The Bertz CT molecular complexity index is 428. The van der Waals surface area contributed by atoms with E-state index in [1.54, 1.807) is 11.4 Å². The second kappa shape index (κ2) is 2.73. The number of hydrogen-bond acceptors (Lipinski definition) is 1. The predicted molar refractivity (Wildman–Crippen MR) is 46.8 cm³/mol. The van der Waals surface area contributed by atoms with Crippen LogP contribution >= 0.6 is 11.3 Å². The van der Waals surface area contributed by atoms with Crippen LogP contribution in [0.25, 0.3) is 10.8 Å². The van der Waals surface area contributed by atoms with Crippen molar-refractivity contribution in [3.63, 3.8) is 0 Å². The van der Waals surface area contributed by atoms with Crippen molar-refractivity contribution >= 4 is 22.1 Å². The third kappa shape index (κ3) is 1.42. The van der Waals surface area contributed by atoms with Gasteiger partial charge in [0.05, 0.1) is 5.56 Å². The summed E-state index contributed by atoms with van der Waals surface area (Å²) in [4.78, 5) is 0. The van der Waals surface area contributed by atoms with Gasteiger partial charge in [0.1, 0.15) is 0 Å². The molecule has 0 amide bonds. The largest absolute Gasteiger partial charge is 0.417 e. The molecule has 0 unspecified atom stereocenters. The van der Waals surface area contributed by atoms with Gasteiger partial charge < -0.3 is 0 Å². The lowest BCUT2D eigenvalue weighted by Gasteiger charge is -2.06. The number of benzene rings is 1. The van der Waals surface area contributed by atoms with Crippen LogP contribution in [0.3, 0.4) is 0 Å². The van der Waals surface area contributed by atoms with Gasteiger partial charge in [-0.25, -0.2) is 0 Å². The molecule has 2 aromatic rings. The van der Waals surface area contributed by atoms with Crippen LogP contribution in [0, 0.1) is 0 Å². The van der Waals surface area contributed by atoms with Crippen LogP contribution in [0.5, 0.6) is 0 Å². The summed E-state index contributed by atoms with van der Waals surface area (Å²) in [5.74, 6) is 0. The molecular formula is C9H5F3S. The van der Waals surface area contributed by atoms with Crippen molar-refractivity contribution in [1.82, 2.24) is 0 Å². The molecule has 0 nitrogen and oxygen atoms in total. The van der Waals surface area contributed by atoms with Gasteiger partial charge in [-0.05, 0) is 22.2 Å². The first-order valence-electron chi connectivity index (χ1n) is 3.61. The topological polar surface area (TPSA) is 0 Å². The zero-order valence-electron chi connectivity index (χ0n) is 6.43. The first-order chi connectivity index (χ1) is 6.09. The minimum Gasteiger partial charge on any atom is -0.166 e. The highest BCUT2D eigenvalue weighted by Gasteiger charge is 2.32. The number of rotatable bonds is 0. The monoisotopic (exact) mass is 202 g/mol. The molecule has 2 rings (SSSR count). The van der Waals surface area contributed by atoms with Crippen LogP contribution in [-0.4, -0.2) is 0 Å². The van der Waals surface area contributed by atoms with Gasteiger partial charge in [0.15, 0.2) is 0 Å². The molecule has 0 radical (unpaired) electrons. The van der Waals surface area contributed by atoms with Gasteiger partial charge in [0.2, 0.25) is 0 Å². The normalized spacial score (nSPS) is 12.2. The average molecular weight is 202 g/mol. The summed E-state index contributed by atoms with van der Waals surface area (Å²) in [6, 6.07) is 4.22. The molecule has 1 heterocycles. The van der Waals surface area contributed by atoms with E-state index < -0.39 is 11.7 Å². The number of halogens is 3. The van der Waals surface area contributed by atoms with Gasteiger partial charge in [-0.2, -0.15) is 24.5 Å². The highest BCUT2D eigenvalue weighted by atomic mass is 32.1. The minimum atomic E-state index is -4.25. The number of hydrogen-bond donors (Lipinski definition) is 0. The summed E-state index contributed by atoms with van der Waals surface area (Å²) in [7, 11) is 0. The average Bonchev–Trinajstić information content (AvgIpc) is 2.48. The van der Waals surface area contributed by atoms with E-state index in [4.69, 9.17) is 0 Å². The molecule has 0 aliphatic rings. The van der Waals surface area contributed by atoms with Gasteiger partial charge in [-0.15, -0.1) is 0 Å². The summed E-state index contributed by atoms with van der Waals surface area (Å²) in [6.07, 6.45) is -4.25. The summed E-state index contributed by atoms with van der Waals surface area (Å²) in [5.41, 5.74) is -0.550. The molecule has 68 valence electrons. The molecule has 0 aliphatic carbocycles. The fraction of sp³-hybridized carbons (Fsp3) is 0.111. The van der Waals surface area contributed by atoms with Crippen LogP contribution in [0.1, 0.15) is 5.56 Å². The summed E-state index contributed by atoms with van der Waals surface area (Å²) >= 11 is 1.28. The van der Waals surface area contributed by atoms with Crippen molar-refractivity contribution in [2.24, 2.45) is 0 Å². The maximum Gasteiger partial charge on any atom is 0.417 e. The fourth-order valence-corrected chi connectivity index (χ4v) is 2.06. The van der Waals surface area contributed by atoms with Gasteiger partial charge in [-0.3, -0.25) is 0 Å². The van der Waals surface area contributed by atoms with E-state index in [0.717, 1.165) is 6.07 Å². The molecule has 1 aromatic carbocycles. The van der Waals surface area contributed by atoms with E-state index in [9.17, 15) is 13.2 Å². The van der Waals surface area contributed by atoms with E-state index in [0.29, 0.717) is 10.8 Å². The Kier molecular flexibility index (Phi) is 1.80. The zero-order valence-corrected chi connectivity index (χ0v) is 7.25. The van der Waals surface area contributed by atoms with Crippen molar-refractivity contribution < 1.29 is 13.2 Å². The molecule has 1 aromatic heterocycles. The third-order valence-corrected chi connectivity index (χ3v) is 2.59. The fourth-order valence-electron chi connectivity index (χ4n) is 1.24. The molecule has 0 bridgehead atoms. The molecule has 0 spiro atoms. The Balaban J connectivity index is 2.75. The highest BCUT2D eigenvalue weighted by Crippen LogP contribution is 2.35. The maximum atomic E-state index is 12.4. The third-order valence-electron chi connectivity index (χ3n) is 1.83. The molecule has 0 aliphatic heterocycles. The SMILES string of the molecule is FC(F)(F)c1cccc2cscc12. The second-order valence-corrected chi connectivity index (χ2v) is 3.42. The number of fused-ring (bicyclic) bond motifs is 1. The first kappa shape index (κ1) is 8.56. The molecule has 0 N–H and O–H groups in total. The predicted octanol–water partition coefficient (Wildman–Crippen LogP) is 3.92. The smallest absolute Gasteiger partial charge is 0.166 e. The molecule has 0 fully saturated rings. The van der Waals surface area contributed by atoms with Crippen LogP contribution in [0.15, 0.2) is 29.0 Å². The lowest BCUT2D eigenvalue weighted by atomic mass is 10.1. The summed E-state index contributed by atoms with van der Waals surface area (Å²) < 4.78 is 37.2. The van der Waals surface area contributed by atoms with Gasteiger partial charge in [0.25, 0.3) is 0 Å². The van der Waals surface area contributed by atoms with E-state index in [1.165, 1.54) is 22.8 Å². The molecule has 0 saturated carbocycles. The quantitative estimate of drug-likeness (QED) is 0.607. The van der Waals surface area contributed by atoms with Crippen molar-refractivity contribution in [2.45, 2.75) is 6.18 Å². The minimum absolute atomic E-state index is 0.292. The Morgan fingerprint density at radius 2 is 1.85 bits per heavy atom. The number of thiophene rings is 1. The van der Waals surface area contributed by atoms with E-state index in [2.05, 4.69) is 0 Å². The Labute approximate surface area is 76.6 Å². The van der Waals surface area contributed by atoms with Gasteiger partial charge in [-0.1, -0.05) is 12.1 Å². The Hall–Kier alpha value is -1.03. The van der Waals surface area contributed by atoms with Crippen molar-refractivity contribution in [3.8, 4) is 0 Å². The van der Waals surface area contributed by atoms with Crippen LogP contribution in [0.4, 0.5) is 13.2 Å². The van der Waals surface area contributed by atoms with Crippen molar-refractivity contribution in [3.05, 3.63) is 34.5 Å². The standard InChI is InChI=1S/C9H5F3S/c10-9(11,12)8-3-1-2-6-4-13-5-7(6)8/h1-5H. The van der Waals surface area contributed by atoms with Crippen molar-refractivity contribution in [1.29, 1.82) is 0 Å². The van der Waals surface area contributed by atoms with Gasteiger partial charge in [0, 0.05) is 5.39 Å². The van der Waals surface area contributed by atoms with Crippen LogP contribution < -0.4 is 0 Å². The molecular weight excluding hydrogens is 197 g/mol.